The standard InChI is InChI=1S/C25H27N7O3/c26-6-5-23(33)32-11-14-35-20(17-32)16-29-25-24-22(27-7-8-28-24)15-21(30-25)18-1-3-19(4-2-18)31-9-12-34-13-10-31/h1-4,7-8,15,20H,5,9-14,16-17H2,(H,29,30)/t20-/m1/s1. The minimum Gasteiger partial charge on any atom is -0.378 e. The van der Waals surface area contributed by atoms with Crippen LogP contribution in [0.2, 0.25) is 0 Å². The molecule has 180 valence electrons. The molecule has 0 radical (unpaired) electrons. The third kappa shape index (κ3) is 5.31. The molecule has 0 spiro atoms. The number of fused-ring (bicyclic) bond motifs is 1. The summed E-state index contributed by atoms with van der Waals surface area (Å²) in [5.41, 5.74) is 4.37. The van der Waals surface area contributed by atoms with Crippen molar-refractivity contribution in [1.29, 1.82) is 5.26 Å². The summed E-state index contributed by atoms with van der Waals surface area (Å²) in [4.78, 5) is 29.9. The summed E-state index contributed by atoms with van der Waals surface area (Å²) in [7, 11) is 0. The Balaban J connectivity index is 1.34. The van der Waals surface area contributed by atoms with Crippen molar-refractivity contribution in [2.24, 2.45) is 0 Å². The van der Waals surface area contributed by atoms with Crippen molar-refractivity contribution >= 4 is 28.4 Å². The number of morpholine rings is 2. The zero-order chi connectivity index (χ0) is 24.0. The van der Waals surface area contributed by atoms with Gasteiger partial charge in [0.05, 0.1) is 43.2 Å². The zero-order valence-electron chi connectivity index (χ0n) is 19.4. The predicted molar refractivity (Wildman–Crippen MR) is 131 cm³/mol. The van der Waals surface area contributed by atoms with Crippen LogP contribution in [-0.4, -0.2) is 84.4 Å². The van der Waals surface area contributed by atoms with Crippen molar-refractivity contribution in [3.8, 4) is 17.3 Å². The fraction of sp³-hybridized carbons (Fsp3) is 0.400. The topological polar surface area (TPSA) is 116 Å². The SMILES string of the molecule is N#CCC(=O)N1CCO[C@H](CNc2nc(-c3ccc(N4CCOCC4)cc3)cc3nccnc23)C1. The lowest BCUT2D eigenvalue weighted by Gasteiger charge is -2.32. The quantitative estimate of drug-likeness (QED) is 0.574. The van der Waals surface area contributed by atoms with Gasteiger partial charge in [0.2, 0.25) is 5.91 Å². The highest BCUT2D eigenvalue weighted by Crippen LogP contribution is 2.27. The molecule has 4 heterocycles. The van der Waals surface area contributed by atoms with Gasteiger partial charge in [-0.3, -0.25) is 9.78 Å². The van der Waals surface area contributed by atoms with Crippen LogP contribution in [0.3, 0.4) is 0 Å². The van der Waals surface area contributed by atoms with Gasteiger partial charge in [0.1, 0.15) is 11.9 Å². The van der Waals surface area contributed by atoms with E-state index in [2.05, 4.69) is 44.5 Å². The molecule has 2 aromatic heterocycles. The Morgan fingerprint density at radius 1 is 1.11 bits per heavy atom. The number of ether oxygens (including phenoxy) is 2. The van der Waals surface area contributed by atoms with Crippen LogP contribution in [0.4, 0.5) is 11.5 Å². The Kier molecular flexibility index (Phi) is 6.97. The number of nitrogens with zero attached hydrogens (tertiary/aromatic N) is 6. The molecule has 10 heteroatoms. The second-order valence-corrected chi connectivity index (χ2v) is 8.47. The van der Waals surface area contributed by atoms with Crippen LogP contribution in [0.1, 0.15) is 6.42 Å². The predicted octanol–water partition coefficient (Wildman–Crippen LogP) is 2.08. The van der Waals surface area contributed by atoms with Gasteiger partial charge in [-0.1, -0.05) is 12.1 Å². The van der Waals surface area contributed by atoms with E-state index in [4.69, 9.17) is 19.7 Å². The van der Waals surface area contributed by atoms with E-state index in [-0.39, 0.29) is 18.4 Å². The molecular formula is C25H27N7O3. The van der Waals surface area contributed by atoms with Crippen LogP contribution in [0.25, 0.3) is 22.3 Å². The van der Waals surface area contributed by atoms with Crippen LogP contribution < -0.4 is 10.2 Å². The van der Waals surface area contributed by atoms with Crippen LogP contribution >= 0.6 is 0 Å². The normalized spacial score (nSPS) is 18.3. The van der Waals surface area contributed by atoms with Gasteiger partial charge in [-0.05, 0) is 18.2 Å². The molecule has 2 aliphatic heterocycles. The number of pyridine rings is 1. The molecule has 0 saturated carbocycles. The molecule has 5 rings (SSSR count). The molecule has 0 aliphatic carbocycles. The van der Waals surface area contributed by atoms with Gasteiger partial charge in [-0.25, -0.2) is 9.97 Å². The van der Waals surface area contributed by atoms with Crippen LogP contribution in [-0.2, 0) is 14.3 Å². The fourth-order valence-electron chi connectivity index (χ4n) is 4.37. The second-order valence-electron chi connectivity index (χ2n) is 8.47. The number of anilines is 2. The van der Waals surface area contributed by atoms with Gasteiger partial charge < -0.3 is 24.6 Å². The van der Waals surface area contributed by atoms with E-state index in [9.17, 15) is 4.79 Å². The number of amides is 1. The number of nitrogens with one attached hydrogen (secondary N) is 1. The van der Waals surface area contributed by atoms with E-state index in [1.54, 1.807) is 17.3 Å². The third-order valence-corrected chi connectivity index (χ3v) is 6.21. The average molecular weight is 474 g/mol. The van der Waals surface area contributed by atoms with E-state index < -0.39 is 0 Å². The molecule has 2 saturated heterocycles. The molecule has 35 heavy (non-hydrogen) atoms. The molecule has 2 fully saturated rings. The van der Waals surface area contributed by atoms with Crippen LogP contribution in [0.5, 0.6) is 0 Å². The summed E-state index contributed by atoms with van der Waals surface area (Å²) in [5.74, 6) is 0.449. The molecule has 3 aromatic rings. The van der Waals surface area contributed by atoms with Crippen molar-refractivity contribution in [2.75, 3.05) is 62.8 Å². The smallest absolute Gasteiger partial charge is 0.236 e. The monoisotopic (exact) mass is 473 g/mol. The summed E-state index contributed by atoms with van der Waals surface area (Å²) < 4.78 is 11.3. The lowest BCUT2D eigenvalue weighted by atomic mass is 10.1. The Bertz CT molecular complexity index is 1220. The highest BCUT2D eigenvalue weighted by atomic mass is 16.5. The number of hydrogen-bond donors (Lipinski definition) is 1. The molecule has 1 amide bonds. The van der Waals surface area contributed by atoms with E-state index in [0.717, 1.165) is 43.1 Å². The van der Waals surface area contributed by atoms with Gasteiger partial charge in [-0.2, -0.15) is 5.26 Å². The first kappa shape index (κ1) is 23.0. The third-order valence-electron chi connectivity index (χ3n) is 6.21. The largest absolute Gasteiger partial charge is 0.378 e. The average Bonchev–Trinajstić information content (AvgIpc) is 2.92. The van der Waals surface area contributed by atoms with Crippen molar-refractivity contribution in [3.05, 3.63) is 42.7 Å². The molecule has 1 aromatic carbocycles. The highest BCUT2D eigenvalue weighted by Gasteiger charge is 2.24. The van der Waals surface area contributed by atoms with Crippen molar-refractivity contribution in [2.45, 2.75) is 12.5 Å². The van der Waals surface area contributed by atoms with Crippen molar-refractivity contribution in [3.63, 3.8) is 0 Å². The number of aromatic nitrogens is 3. The number of rotatable bonds is 6. The van der Waals surface area contributed by atoms with Gasteiger partial charge >= 0.3 is 0 Å². The highest BCUT2D eigenvalue weighted by molar-refractivity contribution is 5.88. The summed E-state index contributed by atoms with van der Waals surface area (Å²) >= 11 is 0. The number of benzene rings is 1. The van der Waals surface area contributed by atoms with Crippen LogP contribution in [0, 0.1) is 11.3 Å². The fourth-order valence-corrected chi connectivity index (χ4v) is 4.37. The van der Waals surface area contributed by atoms with E-state index >= 15 is 0 Å². The Morgan fingerprint density at radius 2 is 1.91 bits per heavy atom. The number of hydrogen-bond acceptors (Lipinski definition) is 9. The Labute approximate surface area is 203 Å². The summed E-state index contributed by atoms with van der Waals surface area (Å²) in [6.07, 6.45) is 2.98. The van der Waals surface area contributed by atoms with Gasteiger partial charge in [0, 0.05) is 56.4 Å². The number of nitriles is 1. The molecule has 0 unspecified atom stereocenters. The minimum absolute atomic E-state index is 0.117. The number of carbonyl (C=O) groups is 1. The molecule has 2 aliphatic rings. The molecule has 10 nitrogen and oxygen atoms in total. The lowest BCUT2D eigenvalue weighted by Crippen LogP contribution is -2.47. The molecule has 0 bridgehead atoms. The first-order valence-electron chi connectivity index (χ1n) is 11.8. The molecular weight excluding hydrogens is 446 g/mol. The van der Waals surface area contributed by atoms with Crippen molar-refractivity contribution < 1.29 is 14.3 Å². The number of carbonyl (C=O) groups excluding carboxylic acids is 1. The summed E-state index contributed by atoms with van der Waals surface area (Å²) in [5, 5.41) is 12.2. The first-order valence-corrected chi connectivity index (χ1v) is 11.8. The summed E-state index contributed by atoms with van der Waals surface area (Å²) in [6.45, 7) is 5.09. The molecule has 1 N–H and O–H groups in total. The maximum absolute atomic E-state index is 12.1. The second kappa shape index (κ2) is 10.6. The lowest BCUT2D eigenvalue weighted by molar-refractivity contribution is -0.137. The van der Waals surface area contributed by atoms with Crippen molar-refractivity contribution in [1.82, 2.24) is 19.9 Å². The maximum Gasteiger partial charge on any atom is 0.236 e. The Morgan fingerprint density at radius 3 is 2.71 bits per heavy atom. The van der Waals surface area contributed by atoms with E-state index in [1.807, 2.05) is 12.1 Å². The van der Waals surface area contributed by atoms with Gasteiger partial charge in [0.25, 0.3) is 0 Å². The van der Waals surface area contributed by atoms with Gasteiger partial charge in [-0.15, -0.1) is 0 Å². The minimum atomic E-state index is -0.212. The maximum atomic E-state index is 12.1. The summed E-state index contributed by atoms with van der Waals surface area (Å²) in [6, 6.07) is 12.2. The van der Waals surface area contributed by atoms with Crippen LogP contribution in [0.15, 0.2) is 42.7 Å². The molecule has 1 atom stereocenters. The first-order chi connectivity index (χ1) is 17.2. The zero-order valence-corrected chi connectivity index (χ0v) is 19.4. The van der Waals surface area contributed by atoms with E-state index in [0.29, 0.717) is 37.6 Å². The van der Waals surface area contributed by atoms with E-state index in [1.165, 1.54) is 5.69 Å². The Hall–Kier alpha value is -3.81. The van der Waals surface area contributed by atoms with Gasteiger partial charge in [0.15, 0.2) is 5.82 Å².